The Bertz CT molecular complexity index is 736. The van der Waals surface area contributed by atoms with E-state index in [1.54, 1.807) is 0 Å². The highest BCUT2D eigenvalue weighted by atomic mass is 19.1. The summed E-state index contributed by atoms with van der Waals surface area (Å²) in [5.74, 6) is -0.543. The number of aromatic nitrogens is 1. The molecular formula is C17H16FN3O. The zero-order valence-corrected chi connectivity index (χ0v) is 12.1. The maximum Gasteiger partial charge on any atom is 0.230 e. The second-order valence-corrected chi connectivity index (χ2v) is 5.78. The fourth-order valence-corrected chi connectivity index (χ4v) is 3.12. The molecule has 0 aliphatic carbocycles. The van der Waals surface area contributed by atoms with Crippen LogP contribution in [0.3, 0.4) is 0 Å². The molecule has 1 aromatic heterocycles. The van der Waals surface area contributed by atoms with Gasteiger partial charge in [-0.2, -0.15) is 0 Å². The molecule has 2 aliphatic heterocycles. The van der Waals surface area contributed by atoms with Crippen molar-refractivity contribution in [2.75, 3.05) is 23.3 Å². The van der Waals surface area contributed by atoms with Gasteiger partial charge < -0.3 is 10.2 Å². The molecule has 0 radical (unpaired) electrons. The van der Waals surface area contributed by atoms with E-state index in [-0.39, 0.29) is 12.3 Å². The van der Waals surface area contributed by atoms with Crippen molar-refractivity contribution in [3.05, 3.63) is 41.8 Å². The van der Waals surface area contributed by atoms with Gasteiger partial charge in [-0.15, -0.1) is 0 Å². The molecule has 1 saturated heterocycles. The number of amides is 1. The van der Waals surface area contributed by atoms with Crippen molar-refractivity contribution in [2.45, 2.75) is 19.3 Å². The number of nitrogens with zero attached hydrogens (tertiary/aromatic N) is 2. The molecule has 0 atom stereocenters. The number of halogens is 1. The average Bonchev–Trinajstić information content (AvgIpc) is 3.15. The first-order valence-corrected chi connectivity index (χ1v) is 7.55. The van der Waals surface area contributed by atoms with Crippen LogP contribution in [-0.2, 0) is 11.2 Å². The van der Waals surface area contributed by atoms with Crippen molar-refractivity contribution in [3.8, 4) is 11.3 Å². The summed E-state index contributed by atoms with van der Waals surface area (Å²) in [6, 6.07) is 9.18. The Morgan fingerprint density at radius 2 is 1.86 bits per heavy atom. The highest BCUT2D eigenvalue weighted by molar-refractivity contribution is 5.98. The molecular weight excluding hydrogens is 281 g/mol. The molecule has 1 amide bonds. The number of hydrogen-bond acceptors (Lipinski definition) is 3. The lowest BCUT2D eigenvalue weighted by Crippen LogP contribution is -2.17. The average molecular weight is 297 g/mol. The summed E-state index contributed by atoms with van der Waals surface area (Å²) >= 11 is 0. The van der Waals surface area contributed by atoms with Gasteiger partial charge in [0.25, 0.3) is 0 Å². The number of hydrogen-bond donors (Lipinski definition) is 1. The molecule has 2 aromatic rings. The molecule has 2 aliphatic rings. The Morgan fingerprint density at radius 1 is 1.14 bits per heavy atom. The summed E-state index contributed by atoms with van der Waals surface area (Å²) in [6.45, 7) is 2.16. The lowest BCUT2D eigenvalue weighted by molar-refractivity contribution is -0.115. The summed E-state index contributed by atoms with van der Waals surface area (Å²) in [5.41, 5.74) is 3.32. The summed E-state index contributed by atoms with van der Waals surface area (Å²) in [4.78, 5) is 18.0. The van der Waals surface area contributed by atoms with Gasteiger partial charge in [0.2, 0.25) is 5.91 Å². The van der Waals surface area contributed by atoms with Gasteiger partial charge in [-0.1, -0.05) is 12.1 Å². The SMILES string of the molecule is O=C1Cc2nc(-c3ccc(N4CCCC4)cc3)c(F)cc2N1. The number of nitrogens with one attached hydrogen (secondary N) is 1. The number of rotatable bonds is 2. The number of carbonyl (C=O) groups excluding carboxylic acids is 1. The number of fused-ring (bicyclic) bond motifs is 1. The van der Waals surface area contributed by atoms with Gasteiger partial charge in [0.15, 0.2) is 5.82 Å². The van der Waals surface area contributed by atoms with E-state index in [1.165, 1.54) is 24.6 Å². The van der Waals surface area contributed by atoms with Crippen LogP contribution < -0.4 is 10.2 Å². The molecule has 0 unspecified atom stereocenters. The van der Waals surface area contributed by atoms with Crippen LogP contribution in [0.2, 0.25) is 0 Å². The first kappa shape index (κ1) is 13.2. The maximum atomic E-state index is 14.2. The van der Waals surface area contributed by atoms with Crippen molar-refractivity contribution in [1.82, 2.24) is 4.98 Å². The van der Waals surface area contributed by atoms with Crippen molar-refractivity contribution in [1.29, 1.82) is 0 Å². The number of pyridine rings is 1. The van der Waals surface area contributed by atoms with Gasteiger partial charge in [0.05, 0.1) is 17.8 Å². The second kappa shape index (κ2) is 5.09. The van der Waals surface area contributed by atoms with Crippen LogP contribution in [0.4, 0.5) is 15.8 Å². The van der Waals surface area contributed by atoms with Gasteiger partial charge in [-0.05, 0) is 25.0 Å². The van der Waals surface area contributed by atoms with Crippen molar-refractivity contribution < 1.29 is 9.18 Å². The van der Waals surface area contributed by atoms with E-state index < -0.39 is 5.82 Å². The number of benzene rings is 1. The molecule has 0 spiro atoms. The molecule has 0 saturated carbocycles. The summed E-state index contributed by atoms with van der Waals surface area (Å²) in [7, 11) is 0. The molecule has 112 valence electrons. The van der Waals surface area contributed by atoms with Crippen LogP contribution >= 0.6 is 0 Å². The Hall–Kier alpha value is -2.43. The molecule has 4 nitrogen and oxygen atoms in total. The van der Waals surface area contributed by atoms with Gasteiger partial charge in [-0.3, -0.25) is 4.79 Å². The Labute approximate surface area is 128 Å². The fraction of sp³-hybridized carbons (Fsp3) is 0.294. The normalized spacial score (nSPS) is 16.8. The van der Waals surface area contributed by atoms with Crippen molar-refractivity contribution in [3.63, 3.8) is 0 Å². The largest absolute Gasteiger partial charge is 0.372 e. The smallest absolute Gasteiger partial charge is 0.230 e. The lowest BCUT2D eigenvalue weighted by atomic mass is 10.1. The van der Waals surface area contributed by atoms with Crippen molar-refractivity contribution in [2.24, 2.45) is 0 Å². The monoisotopic (exact) mass is 297 g/mol. The molecule has 5 heteroatoms. The fourth-order valence-electron chi connectivity index (χ4n) is 3.12. The third-order valence-corrected chi connectivity index (χ3v) is 4.27. The number of anilines is 2. The molecule has 1 aromatic carbocycles. The minimum atomic E-state index is -0.408. The zero-order valence-electron chi connectivity index (χ0n) is 12.1. The Balaban J connectivity index is 1.67. The first-order chi connectivity index (χ1) is 10.7. The Kier molecular flexibility index (Phi) is 3.06. The summed E-state index contributed by atoms with van der Waals surface area (Å²) < 4.78 is 14.2. The topological polar surface area (TPSA) is 45.2 Å². The van der Waals surface area contributed by atoms with Crippen LogP contribution in [0.1, 0.15) is 18.5 Å². The van der Waals surface area contributed by atoms with E-state index in [4.69, 9.17) is 0 Å². The summed E-state index contributed by atoms with van der Waals surface area (Å²) in [6.07, 6.45) is 2.67. The van der Waals surface area contributed by atoms with Gasteiger partial charge in [-0.25, -0.2) is 9.37 Å². The van der Waals surface area contributed by atoms with E-state index in [0.29, 0.717) is 17.1 Å². The quantitative estimate of drug-likeness (QED) is 0.927. The molecule has 0 bridgehead atoms. The van der Waals surface area contributed by atoms with Crippen LogP contribution in [0, 0.1) is 5.82 Å². The van der Waals surface area contributed by atoms with Gasteiger partial charge >= 0.3 is 0 Å². The van der Waals surface area contributed by atoms with E-state index in [2.05, 4.69) is 15.2 Å². The molecule has 4 rings (SSSR count). The Morgan fingerprint density at radius 3 is 2.59 bits per heavy atom. The molecule has 3 heterocycles. The van der Waals surface area contributed by atoms with Crippen LogP contribution in [-0.4, -0.2) is 24.0 Å². The maximum absolute atomic E-state index is 14.2. The van der Waals surface area contributed by atoms with Gasteiger partial charge in [0.1, 0.15) is 5.69 Å². The minimum Gasteiger partial charge on any atom is -0.372 e. The van der Waals surface area contributed by atoms with Gasteiger partial charge in [0, 0.05) is 30.4 Å². The van der Waals surface area contributed by atoms with E-state index >= 15 is 0 Å². The predicted octanol–water partition coefficient (Wildman–Crippen LogP) is 2.98. The zero-order chi connectivity index (χ0) is 15.1. The van der Waals surface area contributed by atoms with Crippen LogP contribution in [0.25, 0.3) is 11.3 Å². The standard InChI is InChI=1S/C17H16FN3O/c18-13-9-14-15(10-16(22)19-14)20-17(13)11-3-5-12(6-4-11)21-7-1-2-8-21/h3-6,9H,1-2,7-8,10H2,(H,19,22). The molecule has 1 N–H and O–H groups in total. The molecule has 22 heavy (non-hydrogen) atoms. The van der Waals surface area contributed by atoms with Crippen molar-refractivity contribution >= 4 is 17.3 Å². The first-order valence-electron chi connectivity index (χ1n) is 7.55. The van der Waals surface area contributed by atoms with Crippen LogP contribution in [0.15, 0.2) is 30.3 Å². The lowest BCUT2D eigenvalue weighted by Gasteiger charge is -2.17. The summed E-state index contributed by atoms with van der Waals surface area (Å²) in [5, 5.41) is 2.61. The van der Waals surface area contributed by atoms with E-state index in [0.717, 1.165) is 18.7 Å². The third kappa shape index (κ3) is 2.22. The van der Waals surface area contributed by atoms with E-state index in [9.17, 15) is 9.18 Å². The highest BCUT2D eigenvalue weighted by Gasteiger charge is 2.22. The minimum absolute atomic E-state index is 0.136. The van der Waals surface area contributed by atoms with Crippen LogP contribution in [0.5, 0.6) is 0 Å². The number of carbonyl (C=O) groups is 1. The molecule has 1 fully saturated rings. The third-order valence-electron chi connectivity index (χ3n) is 4.27. The second-order valence-electron chi connectivity index (χ2n) is 5.78. The van der Waals surface area contributed by atoms with E-state index in [1.807, 2.05) is 24.3 Å². The predicted molar refractivity (Wildman–Crippen MR) is 83.4 cm³/mol. The highest BCUT2D eigenvalue weighted by Crippen LogP contribution is 2.30.